The van der Waals surface area contributed by atoms with E-state index in [9.17, 15) is 0 Å². The number of thioether (sulfide) groups is 1. The van der Waals surface area contributed by atoms with Crippen molar-refractivity contribution in [1.82, 2.24) is 0 Å². The van der Waals surface area contributed by atoms with Gasteiger partial charge in [-0.1, -0.05) is 24.1 Å². The minimum absolute atomic E-state index is 0.307. The van der Waals surface area contributed by atoms with Gasteiger partial charge >= 0.3 is 0 Å². The fourth-order valence-electron chi connectivity index (χ4n) is 1.14. The van der Waals surface area contributed by atoms with Crippen LogP contribution < -0.4 is 0 Å². The molecule has 1 aromatic rings. The molecule has 78 valence electrons. The highest BCUT2D eigenvalue weighted by Gasteiger charge is 1.95. The number of hydrogen-bond acceptors (Lipinski definition) is 2. The predicted molar refractivity (Wildman–Crippen MR) is 63.1 cm³/mol. The van der Waals surface area contributed by atoms with Crippen LogP contribution in [0.2, 0.25) is 5.02 Å². The van der Waals surface area contributed by atoms with Crippen molar-refractivity contribution in [1.29, 1.82) is 0 Å². The average Bonchev–Trinajstić information content (AvgIpc) is 2.18. The maximum atomic E-state index is 8.59. The number of benzene rings is 1. The fraction of sp³-hybridized carbons (Fsp3) is 0.455. The second-order valence-electron chi connectivity index (χ2n) is 3.09. The molecule has 0 bridgehead atoms. The van der Waals surface area contributed by atoms with E-state index in [2.05, 4.69) is 6.07 Å². The summed E-state index contributed by atoms with van der Waals surface area (Å²) < 4.78 is 0. The highest BCUT2D eigenvalue weighted by atomic mass is 35.5. The minimum atomic E-state index is 0.307. The van der Waals surface area contributed by atoms with E-state index in [0.717, 1.165) is 30.0 Å². The third kappa shape index (κ3) is 4.89. The van der Waals surface area contributed by atoms with E-state index in [-0.39, 0.29) is 0 Å². The quantitative estimate of drug-likeness (QED) is 0.595. The molecule has 0 unspecified atom stereocenters. The molecule has 0 aliphatic rings. The first-order valence-corrected chi connectivity index (χ1v) is 6.18. The molecule has 1 N–H and O–H groups in total. The maximum absolute atomic E-state index is 8.59. The first kappa shape index (κ1) is 11.9. The average molecular weight is 231 g/mol. The lowest BCUT2D eigenvalue weighted by atomic mass is 10.3. The van der Waals surface area contributed by atoms with Gasteiger partial charge in [-0.05, 0) is 36.8 Å². The summed E-state index contributed by atoms with van der Waals surface area (Å²) in [4.78, 5) is 1.22. The molecule has 0 aromatic heterocycles. The molecule has 0 amide bonds. The van der Waals surface area contributed by atoms with Crippen molar-refractivity contribution in [2.75, 3.05) is 12.4 Å². The van der Waals surface area contributed by atoms with E-state index >= 15 is 0 Å². The first-order chi connectivity index (χ1) is 6.83. The van der Waals surface area contributed by atoms with Crippen LogP contribution in [0.3, 0.4) is 0 Å². The van der Waals surface area contributed by atoms with Gasteiger partial charge in [-0.3, -0.25) is 0 Å². The van der Waals surface area contributed by atoms with Crippen LogP contribution in [-0.4, -0.2) is 17.5 Å². The molecule has 1 aromatic carbocycles. The van der Waals surface area contributed by atoms with Crippen molar-refractivity contribution in [3.05, 3.63) is 29.3 Å². The molecule has 0 atom stereocenters. The van der Waals surface area contributed by atoms with Gasteiger partial charge in [0.25, 0.3) is 0 Å². The maximum Gasteiger partial charge on any atom is 0.0431 e. The van der Waals surface area contributed by atoms with Gasteiger partial charge in [-0.15, -0.1) is 11.8 Å². The molecule has 1 nitrogen and oxygen atoms in total. The Morgan fingerprint density at radius 3 is 2.79 bits per heavy atom. The normalized spacial score (nSPS) is 10.4. The molecule has 0 aliphatic carbocycles. The Kier molecular flexibility index (Phi) is 6.08. The zero-order valence-corrected chi connectivity index (χ0v) is 9.65. The fourth-order valence-corrected chi connectivity index (χ4v) is 2.36. The van der Waals surface area contributed by atoms with E-state index in [1.165, 1.54) is 4.90 Å². The number of rotatable bonds is 6. The van der Waals surface area contributed by atoms with Gasteiger partial charge in [-0.25, -0.2) is 0 Å². The molecule has 0 radical (unpaired) electrons. The van der Waals surface area contributed by atoms with Crippen molar-refractivity contribution in [3.8, 4) is 0 Å². The van der Waals surface area contributed by atoms with E-state index < -0.39 is 0 Å². The van der Waals surface area contributed by atoms with Crippen molar-refractivity contribution < 1.29 is 5.11 Å². The molecule has 0 saturated carbocycles. The van der Waals surface area contributed by atoms with Crippen LogP contribution in [0.15, 0.2) is 29.2 Å². The zero-order chi connectivity index (χ0) is 10.2. The molecule has 0 saturated heterocycles. The van der Waals surface area contributed by atoms with Crippen LogP contribution in [0.4, 0.5) is 0 Å². The Hall–Kier alpha value is -0.180. The van der Waals surface area contributed by atoms with Crippen LogP contribution in [0.1, 0.15) is 19.3 Å². The van der Waals surface area contributed by atoms with E-state index in [1.807, 2.05) is 30.0 Å². The topological polar surface area (TPSA) is 20.2 Å². The van der Waals surface area contributed by atoms with Gasteiger partial charge in [0.2, 0.25) is 0 Å². The van der Waals surface area contributed by atoms with Gasteiger partial charge in [0, 0.05) is 16.5 Å². The predicted octanol–water partition coefficient (Wildman–Crippen LogP) is 3.59. The summed E-state index contributed by atoms with van der Waals surface area (Å²) in [5.41, 5.74) is 0. The van der Waals surface area contributed by atoms with Crippen LogP contribution in [-0.2, 0) is 0 Å². The van der Waals surface area contributed by atoms with Gasteiger partial charge < -0.3 is 5.11 Å². The molecular formula is C11H15ClOS. The van der Waals surface area contributed by atoms with Crippen LogP contribution in [0.25, 0.3) is 0 Å². The molecule has 0 fully saturated rings. The lowest BCUT2D eigenvalue weighted by Gasteiger charge is -2.01. The van der Waals surface area contributed by atoms with Crippen molar-refractivity contribution in [2.45, 2.75) is 24.2 Å². The number of aliphatic hydroxyl groups excluding tert-OH is 1. The van der Waals surface area contributed by atoms with Crippen molar-refractivity contribution in [2.24, 2.45) is 0 Å². The van der Waals surface area contributed by atoms with Crippen LogP contribution >= 0.6 is 23.4 Å². The Balaban J connectivity index is 2.18. The molecule has 14 heavy (non-hydrogen) atoms. The lowest BCUT2D eigenvalue weighted by Crippen LogP contribution is -1.85. The summed E-state index contributed by atoms with van der Waals surface area (Å²) in [6, 6.07) is 7.91. The largest absolute Gasteiger partial charge is 0.396 e. The second-order valence-corrected chi connectivity index (χ2v) is 4.69. The minimum Gasteiger partial charge on any atom is -0.396 e. The highest BCUT2D eigenvalue weighted by Crippen LogP contribution is 2.22. The van der Waals surface area contributed by atoms with Gasteiger partial charge in [0.05, 0.1) is 0 Å². The van der Waals surface area contributed by atoms with E-state index in [0.29, 0.717) is 6.61 Å². The summed E-state index contributed by atoms with van der Waals surface area (Å²) >= 11 is 7.68. The summed E-state index contributed by atoms with van der Waals surface area (Å²) in [7, 11) is 0. The van der Waals surface area contributed by atoms with Gasteiger partial charge in [0.1, 0.15) is 0 Å². The molecule has 3 heteroatoms. The highest BCUT2D eigenvalue weighted by molar-refractivity contribution is 7.99. The standard InChI is InChI=1S/C11H15ClOS/c12-10-5-4-6-11(9-10)14-8-3-1-2-7-13/h4-6,9,13H,1-3,7-8H2. The number of aliphatic hydroxyl groups is 1. The van der Waals surface area contributed by atoms with Crippen LogP contribution in [0.5, 0.6) is 0 Å². The van der Waals surface area contributed by atoms with E-state index in [1.54, 1.807) is 0 Å². The summed E-state index contributed by atoms with van der Waals surface area (Å²) in [6.07, 6.45) is 3.16. The summed E-state index contributed by atoms with van der Waals surface area (Å²) in [6.45, 7) is 0.307. The third-order valence-corrected chi connectivity index (χ3v) is 3.18. The SMILES string of the molecule is OCCCCCSc1cccc(Cl)c1. The molecule has 1 rings (SSSR count). The molecular weight excluding hydrogens is 216 g/mol. The first-order valence-electron chi connectivity index (χ1n) is 4.82. The lowest BCUT2D eigenvalue weighted by molar-refractivity contribution is 0.284. The Morgan fingerprint density at radius 2 is 2.07 bits per heavy atom. The van der Waals surface area contributed by atoms with Gasteiger partial charge in [0.15, 0.2) is 0 Å². The van der Waals surface area contributed by atoms with Crippen molar-refractivity contribution >= 4 is 23.4 Å². The Morgan fingerprint density at radius 1 is 1.21 bits per heavy atom. The summed E-state index contributed by atoms with van der Waals surface area (Å²) in [5.74, 6) is 1.10. The monoisotopic (exact) mass is 230 g/mol. The summed E-state index contributed by atoms with van der Waals surface area (Å²) in [5, 5.41) is 9.39. The smallest absolute Gasteiger partial charge is 0.0431 e. The van der Waals surface area contributed by atoms with Crippen LogP contribution in [0, 0.1) is 0 Å². The number of hydrogen-bond donors (Lipinski definition) is 1. The number of unbranched alkanes of at least 4 members (excludes halogenated alkanes) is 2. The molecule has 0 spiro atoms. The molecule has 0 aliphatic heterocycles. The Bertz CT molecular complexity index is 265. The Labute approximate surface area is 94.5 Å². The zero-order valence-electron chi connectivity index (χ0n) is 8.08. The van der Waals surface area contributed by atoms with E-state index in [4.69, 9.17) is 16.7 Å². The van der Waals surface area contributed by atoms with Gasteiger partial charge in [-0.2, -0.15) is 0 Å². The third-order valence-electron chi connectivity index (χ3n) is 1.87. The molecule has 0 heterocycles. The number of halogens is 1. The second kappa shape index (κ2) is 7.16. The van der Waals surface area contributed by atoms with Crippen molar-refractivity contribution in [3.63, 3.8) is 0 Å².